The molecule has 0 aromatic carbocycles. The van der Waals surface area contributed by atoms with Gasteiger partial charge in [0.25, 0.3) is 0 Å². The van der Waals surface area contributed by atoms with Gasteiger partial charge in [0, 0.05) is 30.9 Å². The van der Waals surface area contributed by atoms with Crippen LogP contribution in [0, 0.1) is 11.8 Å². The average molecular weight is 542 g/mol. The normalized spacial score (nSPS) is 23.5. The molecule has 2 aromatic heterocycles. The van der Waals surface area contributed by atoms with Crippen LogP contribution >= 0.6 is 11.3 Å². The average Bonchev–Trinajstić information content (AvgIpc) is 3.35. The summed E-state index contributed by atoms with van der Waals surface area (Å²) in [5.74, 6) is -2.43. The third-order valence-electron chi connectivity index (χ3n) is 6.03. The highest BCUT2D eigenvalue weighted by Crippen LogP contribution is 2.52. The van der Waals surface area contributed by atoms with Crippen molar-refractivity contribution in [3.8, 4) is 0 Å². The minimum absolute atomic E-state index is 0.0413. The molecule has 0 saturated carbocycles. The first kappa shape index (κ1) is 26.1. The van der Waals surface area contributed by atoms with Crippen molar-refractivity contribution >= 4 is 49.6 Å². The van der Waals surface area contributed by atoms with Crippen molar-refractivity contribution in [3.63, 3.8) is 0 Å². The number of imidazole rings is 1. The van der Waals surface area contributed by atoms with Crippen molar-refractivity contribution in [1.82, 2.24) is 14.3 Å². The number of aliphatic hydroxyl groups is 1. The number of rotatable bonds is 7. The molecule has 2 aliphatic rings. The number of fused-ring (bicyclic) bond motifs is 2. The minimum Gasteiger partial charge on any atom is -0.431 e. The number of carbonyl (C=O) groups excluding carboxylic acids is 3. The van der Waals surface area contributed by atoms with Crippen molar-refractivity contribution in [2.45, 2.75) is 64.2 Å². The Labute approximate surface area is 211 Å². The van der Waals surface area contributed by atoms with E-state index in [1.807, 2.05) is 6.92 Å². The van der Waals surface area contributed by atoms with Crippen LogP contribution in [0.1, 0.15) is 39.5 Å². The van der Waals surface area contributed by atoms with Gasteiger partial charge in [-0.15, -0.1) is 11.3 Å². The lowest BCUT2D eigenvalue weighted by atomic mass is 9.77. The Kier molecular flexibility index (Phi) is 6.64. The Hall–Kier alpha value is -2.97. The largest absolute Gasteiger partial charge is 0.511 e. The number of aromatic nitrogens is 2. The molecule has 0 spiro atoms. The van der Waals surface area contributed by atoms with E-state index in [9.17, 15) is 27.9 Å². The van der Waals surface area contributed by atoms with Crippen molar-refractivity contribution < 1.29 is 42.1 Å². The van der Waals surface area contributed by atoms with E-state index in [4.69, 9.17) is 14.2 Å². The third kappa shape index (κ3) is 4.37. The third-order valence-corrected chi connectivity index (χ3v) is 8.30. The maximum atomic E-state index is 13.3. The fraction of sp³-hybridized carbons (Fsp3) is 0.545. The summed E-state index contributed by atoms with van der Waals surface area (Å²) >= 11 is 1.11. The zero-order valence-electron chi connectivity index (χ0n) is 20.5. The van der Waals surface area contributed by atoms with E-state index in [1.54, 1.807) is 20.0 Å². The molecule has 1 N–H and O–H groups in total. The highest BCUT2D eigenvalue weighted by molar-refractivity contribution is 7.91. The van der Waals surface area contributed by atoms with Gasteiger partial charge in [-0.05, 0) is 20.8 Å². The predicted molar refractivity (Wildman–Crippen MR) is 126 cm³/mol. The summed E-state index contributed by atoms with van der Waals surface area (Å²) in [4.78, 5) is 44.2. The van der Waals surface area contributed by atoms with E-state index in [0.717, 1.165) is 17.6 Å². The highest BCUT2D eigenvalue weighted by Gasteiger charge is 2.60. The number of nitrogens with zero attached hydrogens (tertiary/aromatic N) is 3. The standard InChI is InChI=1S/C22H27N3O9S2/c1-9(2)32-22(29)34-12(5)33-21(28)17-14(10(3)16-15(11(4)26)19(27)25(16)17)13-7-24-8-23-18(20(24)35-13)36(6,30)31/h7-12,15-16,26H,1-6H3/t10-,11+,12?,15+,16+/m0/s1. The van der Waals surface area contributed by atoms with Crippen molar-refractivity contribution in [2.24, 2.45) is 11.8 Å². The second-order valence-electron chi connectivity index (χ2n) is 9.15. The van der Waals surface area contributed by atoms with Gasteiger partial charge in [0.2, 0.25) is 12.2 Å². The van der Waals surface area contributed by atoms with Gasteiger partial charge in [-0.25, -0.2) is 23.0 Å². The molecule has 0 bridgehead atoms. The molecule has 14 heteroatoms. The van der Waals surface area contributed by atoms with Gasteiger partial charge in [-0.2, -0.15) is 0 Å². The monoisotopic (exact) mass is 541 g/mol. The molecule has 2 aliphatic heterocycles. The summed E-state index contributed by atoms with van der Waals surface area (Å²) in [6.07, 6.45) is 0.353. The van der Waals surface area contributed by atoms with Crippen LogP contribution in [0.3, 0.4) is 0 Å². The fourth-order valence-corrected chi connectivity index (χ4v) is 6.98. The maximum absolute atomic E-state index is 13.3. The fourth-order valence-electron chi connectivity index (χ4n) is 4.63. The highest BCUT2D eigenvalue weighted by atomic mass is 32.2. The van der Waals surface area contributed by atoms with Crippen molar-refractivity contribution in [1.29, 1.82) is 0 Å². The number of aliphatic hydroxyl groups excluding tert-OH is 1. The van der Waals surface area contributed by atoms with Gasteiger partial charge < -0.3 is 24.2 Å². The zero-order chi connectivity index (χ0) is 26.7. The number of thiazole rings is 1. The van der Waals surface area contributed by atoms with Gasteiger partial charge in [0.05, 0.1) is 29.0 Å². The first-order chi connectivity index (χ1) is 16.7. The molecule has 0 radical (unpaired) electrons. The topological polar surface area (TPSA) is 154 Å². The van der Waals surface area contributed by atoms with Gasteiger partial charge >= 0.3 is 12.1 Å². The van der Waals surface area contributed by atoms with E-state index in [0.29, 0.717) is 15.3 Å². The number of sulfone groups is 1. The Morgan fingerprint density at radius 2 is 1.83 bits per heavy atom. The summed E-state index contributed by atoms with van der Waals surface area (Å²) in [5.41, 5.74) is 0.423. The molecule has 1 saturated heterocycles. The number of esters is 1. The second kappa shape index (κ2) is 9.16. The molecule has 2 aromatic rings. The molecule has 196 valence electrons. The molecule has 1 amide bonds. The Balaban J connectivity index is 1.73. The Bertz CT molecular complexity index is 1370. The maximum Gasteiger partial charge on any atom is 0.511 e. The van der Waals surface area contributed by atoms with E-state index < -0.39 is 58.3 Å². The van der Waals surface area contributed by atoms with Crippen LogP contribution in [0.25, 0.3) is 10.4 Å². The minimum atomic E-state index is -3.60. The quantitative estimate of drug-likeness (QED) is 0.312. The van der Waals surface area contributed by atoms with Gasteiger partial charge in [0.1, 0.15) is 16.9 Å². The molecule has 0 aliphatic carbocycles. The molecule has 5 atom stereocenters. The van der Waals surface area contributed by atoms with Crippen LogP contribution in [-0.2, 0) is 33.6 Å². The molecule has 36 heavy (non-hydrogen) atoms. The SMILES string of the molecule is CC(C)OC(=O)OC(C)OC(=O)C1=C(c2cn3cnc(S(C)(=O)=O)c3s2)[C@H](C)[C@@H]2[C@@H]([C@@H](C)O)C(=O)N12. The van der Waals surface area contributed by atoms with Crippen LogP contribution < -0.4 is 0 Å². The van der Waals surface area contributed by atoms with Gasteiger partial charge in [-0.1, -0.05) is 6.92 Å². The summed E-state index contributed by atoms with van der Waals surface area (Å²) in [6.45, 7) is 7.94. The van der Waals surface area contributed by atoms with Crippen LogP contribution in [0.2, 0.25) is 0 Å². The molecular weight excluding hydrogens is 514 g/mol. The van der Waals surface area contributed by atoms with E-state index in [-0.39, 0.29) is 16.6 Å². The predicted octanol–water partition coefficient (Wildman–Crippen LogP) is 1.82. The molecule has 1 unspecified atom stereocenters. The summed E-state index contributed by atoms with van der Waals surface area (Å²) in [6, 6.07) is -0.494. The molecule has 1 fully saturated rings. The lowest BCUT2D eigenvalue weighted by Gasteiger charge is -2.46. The Morgan fingerprint density at radius 1 is 1.17 bits per heavy atom. The first-order valence-corrected chi connectivity index (χ1v) is 13.9. The van der Waals surface area contributed by atoms with Crippen molar-refractivity contribution in [3.05, 3.63) is 23.1 Å². The van der Waals surface area contributed by atoms with Gasteiger partial charge in [0.15, 0.2) is 14.9 Å². The molecule has 12 nitrogen and oxygen atoms in total. The number of ether oxygens (including phenoxy) is 3. The van der Waals surface area contributed by atoms with Crippen LogP contribution in [0.4, 0.5) is 4.79 Å². The van der Waals surface area contributed by atoms with Gasteiger partial charge in [-0.3, -0.25) is 9.20 Å². The van der Waals surface area contributed by atoms with E-state index in [1.165, 1.54) is 29.5 Å². The number of hydrogen-bond acceptors (Lipinski definition) is 11. The number of hydrogen-bond donors (Lipinski definition) is 1. The lowest BCUT2D eigenvalue weighted by Crippen LogP contribution is -2.63. The van der Waals surface area contributed by atoms with Crippen molar-refractivity contribution in [2.75, 3.05) is 6.26 Å². The number of carbonyl (C=O) groups is 3. The molecule has 4 rings (SSSR count). The second-order valence-corrected chi connectivity index (χ2v) is 12.1. The van der Waals surface area contributed by atoms with Crippen LogP contribution in [0.5, 0.6) is 0 Å². The van der Waals surface area contributed by atoms with E-state index >= 15 is 0 Å². The Morgan fingerprint density at radius 3 is 2.42 bits per heavy atom. The van der Waals surface area contributed by atoms with E-state index in [2.05, 4.69) is 4.98 Å². The summed E-state index contributed by atoms with van der Waals surface area (Å²) in [7, 11) is -3.60. The molecule has 4 heterocycles. The summed E-state index contributed by atoms with van der Waals surface area (Å²) < 4.78 is 41.0. The first-order valence-electron chi connectivity index (χ1n) is 11.2. The van der Waals surface area contributed by atoms with Crippen LogP contribution in [0.15, 0.2) is 23.2 Å². The number of amides is 1. The lowest BCUT2D eigenvalue weighted by molar-refractivity contribution is -0.174. The molecular formula is C22H27N3O9S2. The zero-order valence-corrected chi connectivity index (χ0v) is 22.1. The summed E-state index contributed by atoms with van der Waals surface area (Å²) in [5, 5.41) is 10.1. The van der Waals surface area contributed by atoms with Crippen LogP contribution in [-0.4, -0.2) is 76.6 Å². The number of β-lactam (4-membered cyclic amide) rings is 1. The smallest absolute Gasteiger partial charge is 0.431 e.